The highest BCUT2D eigenvalue weighted by atomic mass is 32.2. The van der Waals surface area contributed by atoms with Crippen molar-refractivity contribution in [1.29, 1.82) is 0 Å². The van der Waals surface area contributed by atoms with Crippen LogP contribution in [0.1, 0.15) is 11.3 Å². The van der Waals surface area contributed by atoms with E-state index in [-0.39, 0.29) is 6.61 Å². The van der Waals surface area contributed by atoms with Gasteiger partial charge in [0.05, 0.1) is 29.5 Å². The number of aryl methyl sites for hydroxylation is 1. The second kappa shape index (κ2) is 10.4. The molecule has 2 aromatic heterocycles. The first kappa shape index (κ1) is 24.2. The van der Waals surface area contributed by atoms with Gasteiger partial charge in [-0.15, -0.1) is 0 Å². The highest BCUT2D eigenvalue weighted by Gasteiger charge is 2.30. The first-order valence-electron chi connectivity index (χ1n) is 9.39. The van der Waals surface area contributed by atoms with Crippen molar-refractivity contribution in [2.45, 2.75) is 12.8 Å². The Kier molecular flexibility index (Phi) is 7.63. The zero-order valence-corrected chi connectivity index (χ0v) is 18.1. The van der Waals surface area contributed by atoms with Crippen molar-refractivity contribution < 1.29 is 26.7 Å². The van der Waals surface area contributed by atoms with E-state index in [0.29, 0.717) is 5.75 Å². The standard InChI is InChI=1S/C21H17F3N4O.H3NO2S/c1-27-20(13-29-17-9-7-15(8-10-17)21(22,23)24)18(11-26-27)19-12-28(14-25-19)16-5-3-2-4-6-16;1-4(2)3/h2-12,14H,13H2,1H3;1H2,(H,2,3)/p-1. The quantitative estimate of drug-likeness (QED) is 0.441. The second-order valence-electron chi connectivity index (χ2n) is 6.70. The Morgan fingerprint density at radius 2 is 1.76 bits per heavy atom. The van der Waals surface area contributed by atoms with Crippen LogP contribution in [-0.4, -0.2) is 28.1 Å². The molecule has 2 N–H and O–H groups in total. The highest BCUT2D eigenvalue weighted by molar-refractivity contribution is 7.76. The number of benzene rings is 2. The summed E-state index contributed by atoms with van der Waals surface area (Å²) in [5, 5.41) is 8.30. The highest BCUT2D eigenvalue weighted by Crippen LogP contribution is 2.31. The van der Waals surface area contributed by atoms with Crippen LogP contribution in [0.15, 0.2) is 73.3 Å². The van der Waals surface area contributed by atoms with Crippen LogP contribution in [0.25, 0.3) is 16.9 Å². The Morgan fingerprint density at radius 1 is 1.12 bits per heavy atom. The Bertz CT molecular complexity index is 1200. The molecular formula is C21H19F3N5O3S-. The summed E-state index contributed by atoms with van der Waals surface area (Å²) in [5.74, 6) is 0.347. The molecule has 0 saturated heterocycles. The van der Waals surface area contributed by atoms with E-state index in [4.69, 9.17) is 13.5 Å². The normalized spacial score (nSPS) is 12.1. The van der Waals surface area contributed by atoms with Gasteiger partial charge in [0.25, 0.3) is 0 Å². The zero-order valence-electron chi connectivity index (χ0n) is 17.3. The first-order chi connectivity index (χ1) is 15.6. The maximum Gasteiger partial charge on any atom is 0.416 e. The molecular weight excluding hydrogens is 459 g/mol. The molecule has 2 aromatic carbocycles. The van der Waals surface area contributed by atoms with Gasteiger partial charge in [0, 0.05) is 35.8 Å². The maximum atomic E-state index is 12.7. The van der Waals surface area contributed by atoms with E-state index < -0.39 is 23.0 Å². The lowest BCUT2D eigenvalue weighted by atomic mass is 10.2. The fourth-order valence-corrected chi connectivity index (χ4v) is 2.94. The summed E-state index contributed by atoms with van der Waals surface area (Å²) in [6.45, 7) is 0.148. The minimum absolute atomic E-state index is 0.148. The summed E-state index contributed by atoms with van der Waals surface area (Å²) in [4.78, 5) is 4.46. The van der Waals surface area contributed by atoms with E-state index in [1.54, 1.807) is 24.3 Å². The van der Waals surface area contributed by atoms with Gasteiger partial charge >= 0.3 is 6.18 Å². The molecule has 0 saturated carbocycles. The summed E-state index contributed by atoms with van der Waals surface area (Å²) in [6.07, 6.45) is 0.945. The van der Waals surface area contributed by atoms with Gasteiger partial charge in [0.1, 0.15) is 12.4 Å². The molecule has 0 aliphatic carbocycles. The summed E-state index contributed by atoms with van der Waals surface area (Å²) in [6, 6.07) is 14.4. The Labute approximate surface area is 189 Å². The Hall–Kier alpha value is -3.48. The first-order valence-corrected chi connectivity index (χ1v) is 10.5. The molecule has 0 amide bonds. The van der Waals surface area contributed by atoms with Gasteiger partial charge < -0.3 is 13.9 Å². The molecule has 0 aliphatic rings. The van der Waals surface area contributed by atoms with Crippen LogP contribution >= 0.6 is 0 Å². The number of para-hydroxylation sites is 1. The van der Waals surface area contributed by atoms with E-state index in [9.17, 15) is 13.2 Å². The predicted octanol–water partition coefficient (Wildman–Crippen LogP) is 3.61. The largest absolute Gasteiger partial charge is 0.760 e. The van der Waals surface area contributed by atoms with Crippen LogP contribution in [0.2, 0.25) is 0 Å². The van der Waals surface area contributed by atoms with Gasteiger partial charge in [-0.3, -0.25) is 14.0 Å². The van der Waals surface area contributed by atoms with Gasteiger partial charge in [-0.05, 0) is 36.4 Å². The molecule has 0 spiro atoms. The lowest BCUT2D eigenvalue weighted by Crippen LogP contribution is -2.06. The third kappa shape index (κ3) is 6.51. The molecule has 0 aliphatic heterocycles. The number of hydrogen-bond donors (Lipinski definition) is 1. The lowest BCUT2D eigenvalue weighted by Gasteiger charge is -2.10. The molecule has 0 radical (unpaired) electrons. The molecule has 4 aromatic rings. The predicted molar refractivity (Wildman–Crippen MR) is 115 cm³/mol. The van der Waals surface area contributed by atoms with Crippen LogP contribution in [0.5, 0.6) is 5.75 Å². The van der Waals surface area contributed by atoms with Crippen molar-refractivity contribution in [3.63, 3.8) is 0 Å². The van der Waals surface area contributed by atoms with E-state index >= 15 is 0 Å². The van der Waals surface area contributed by atoms with E-state index in [0.717, 1.165) is 34.8 Å². The third-order valence-electron chi connectivity index (χ3n) is 4.53. The monoisotopic (exact) mass is 478 g/mol. The third-order valence-corrected chi connectivity index (χ3v) is 4.53. The maximum absolute atomic E-state index is 12.7. The minimum atomic E-state index is -4.37. The summed E-state index contributed by atoms with van der Waals surface area (Å²) >= 11 is -2.36. The molecule has 1 atom stereocenters. The van der Waals surface area contributed by atoms with Gasteiger partial charge in [0.15, 0.2) is 0 Å². The van der Waals surface area contributed by atoms with Gasteiger partial charge in [-0.25, -0.2) is 4.98 Å². The molecule has 0 fully saturated rings. The number of nitrogens with two attached hydrogens (primary N) is 1. The number of hydrogen-bond acceptors (Lipinski definition) is 5. The fourth-order valence-electron chi connectivity index (χ4n) is 2.94. The lowest BCUT2D eigenvalue weighted by molar-refractivity contribution is -0.137. The number of ether oxygens (including phenoxy) is 1. The zero-order chi connectivity index (χ0) is 24.0. The fraction of sp³-hybridized carbons (Fsp3) is 0.143. The molecule has 2 heterocycles. The van der Waals surface area contributed by atoms with Crippen molar-refractivity contribution in [3.05, 3.63) is 84.6 Å². The summed E-state index contributed by atoms with van der Waals surface area (Å²) in [5.41, 5.74) is 2.57. The average Bonchev–Trinajstić information content (AvgIpc) is 3.39. The Balaban J connectivity index is 0.000000709. The number of alkyl halides is 3. The van der Waals surface area contributed by atoms with Crippen LogP contribution in [0.4, 0.5) is 13.2 Å². The van der Waals surface area contributed by atoms with Crippen molar-refractivity contribution in [2.24, 2.45) is 12.2 Å². The second-order valence-corrected chi connectivity index (χ2v) is 7.22. The van der Waals surface area contributed by atoms with Crippen LogP contribution in [-0.2, 0) is 31.1 Å². The van der Waals surface area contributed by atoms with Crippen LogP contribution in [0, 0.1) is 0 Å². The summed E-state index contributed by atoms with van der Waals surface area (Å²) in [7, 11) is 1.78. The van der Waals surface area contributed by atoms with Gasteiger partial charge in [0.2, 0.25) is 0 Å². The van der Waals surface area contributed by atoms with Gasteiger partial charge in [-0.1, -0.05) is 18.2 Å². The topological polar surface area (TPSA) is 111 Å². The molecule has 1 unspecified atom stereocenters. The molecule has 0 bridgehead atoms. The van der Waals surface area contributed by atoms with E-state index in [1.807, 2.05) is 41.1 Å². The number of imidazole rings is 1. The number of rotatable bonds is 5. The minimum Gasteiger partial charge on any atom is -0.760 e. The molecule has 4 rings (SSSR count). The van der Waals surface area contributed by atoms with Gasteiger partial charge in [-0.2, -0.15) is 18.3 Å². The molecule has 174 valence electrons. The van der Waals surface area contributed by atoms with Crippen LogP contribution in [0.3, 0.4) is 0 Å². The molecule has 8 nitrogen and oxygen atoms in total. The average molecular weight is 478 g/mol. The number of nitrogens with zero attached hydrogens (tertiary/aromatic N) is 4. The number of aromatic nitrogens is 4. The molecule has 33 heavy (non-hydrogen) atoms. The van der Waals surface area contributed by atoms with E-state index in [1.165, 1.54) is 12.1 Å². The van der Waals surface area contributed by atoms with E-state index in [2.05, 4.69) is 15.2 Å². The smallest absolute Gasteiger partial charge is 0.416 e. The SMILES string of the molecule is Cn1ncc(-c2cn(-c3ccccc3)cn2)c1COc1ccc(C(F)(F)F)cc1.NS(=O)[O-]. The van der Waals surface area contributed by atoms with Crippen molar-refractivity contribution in [3.8, 4) is 22.7 Å². The van der Waals surface area contributed by atoms with Crippen molar-refractivity contribution in [2.75, 3.05) is 0 Å². The Morgan fingerprint density at radius 3 is 2.36 bits per heavy atom. The van der Waals surface area contributed by atoms with Crippen molar-refractivity contribution >= 4 is 11.3 Å². The molecule has 12 heteroatoms. The summed E-state index contributed by atoms with van der Waals surface area (Å²) < 4.78 is 64.9. The number of halogens is 3. The van der Waals surface area contributed by atoms with Crippen LogP contribution < -0.4 is 9.88 Å². The van der Waals surface area contributed by atoms with Crippen molar-refractivity contribution in [1.82, 2.24) is 19.3 Å².